The molecule has 0 spiro atoms. The number of rotatable bonds is 4. The average molecular weight is 233 g/mol. The molecule has 1 aromatic heterocycles. The molecule has 0 radical (unpaired) electrons. The molecule has 1 saturated carbocycles. The Kier molecular flexibility index (Phi) is 3.61. The van der Waals surface area contributed by atoms with Gasteiger partial charge in [0, 0.05) is 25.0 Å². The van der Waals surface area contributed by atoms with Crippen LogP contribution in [-0.4, -0.2) is 28.5 Å². The van der Waals surface area contributed by atoms with E-state index in [0.29, 0.717) is 12.6 Å². The largest absolute Gasteiger partial charge is 0.335 e. The minimum Gasteiger partial charge on any atom is -0.335 e. The topological polar surface area (TPSA) is 45.2 Å². The summed E-state index contributed by atoms with van der Waals surface area (Å²) in [5.41, 5.74) is 1.12. The number of pyridine rings is 1. The molecule has 17 heavy (non-hydrogen) atoms. The van der Waals surface area contributed by atoms with E-state index in [-0.39, 0.29) is 12.1 Å². The Balaban J connectivity index is 2.03. The number of nitrogens with zero attached hydrogens (tertiary/aromatic N) is 2. The van der Waals surface area contributed by atoms with Gasteiger partial charge in [-0.05, 0) is 44.4 Å². The van der Waals surface area contributed by atoms with E-state index in [4.69, 9.17) is 0 Å². The molecular formula is C13H19N3O. The van der Waals surface area contributed by atoms with Crippen LogP contribution in [0.4, 0.5) is 4.79 Å². The van der Waals surface area contributed by atoms with Crippen LogP contribution in [0.2, 0.25) is 0 Å². The summed E-state index contributed by atoms with van der Waals surface area (Å²) >= 11 is 0. The van der Waals surface area contributed by atoms with Gasteiger partial charge in [0.15, 0.2) is 0 Å². The van der Waals surface area contributed by atoms with Gasteiger partial charge in [0.1, 0.15) is 0 Å². The fraction of sp³-hybridized carbons (Fsp3) is 0.538. The second-order valence-corrected chi connectivity index (χ2v) is 4.47. The van der Waals surface area contributed by atoms with Crippen LogP contribution >= 0.6 is 0 Å². The first-order valence-corrected chi connectivity index (χ1v) is 6.19. The number of urea groups is 1. The van der Waals surface area contributed by atoms with E-state index in [1.807, 2.05) is 30.9 Å². The van der Waals surface area contributed by atoms with Crippen LogP contribution in [0.3, 0.4) is 0 Å². The van der Waals surface area contributed by atoms with Crippen molar-refractivity contribution in [1.29, 1.82) is 0 Å². The van der Waals surface area contributed by atoms with Gasteiger partial charge in [-0.15, -0.1) is 0 Å². The molecule has 1 heterocycles. The standard InChI is InChI=1S/C13H19N3O/c1-3-16(13(17)15-12-4-5-12)10(2)11-6-8-14-9-7-11/h6-10,12H,3-5H2,1-2H3,(H,15,17). The second kappa shape index (κ2) is 5.17. The minimum absolute atomic E-state index is 0.0410. The van der Waals surface area contributed by atoms with E-state index in [2.05, 4.69) is 10.3 Å². The van der Waals surface area contributed by atoms with Crippen molar-refractivity contribution in [2.75, 3.05) is 6.54 Å². The van der Waals surface area contributed by atoms with Crippen LogP contribution in [0.25, 0.3) is 0 Å². The van der Waals surface area contributed by atoms with Crippen molar-refractivity contribution in [3.63, 3.8) is 0 Å². The predicted octanol–water partition coefficient (Wildman–Crippen LogP) is 2.34. The van der Waals surface area contributed by atoms with Gasteiger partial charge in [-0.25, -0.2) is 4.79 Å². The molecule has 4 nitrogen and oxygen atoms in total. The lowest BCUT2D eigenvalue weighted by atomic mass is 10.1. The van der Waals surface area contributed by atoms with E-state index in [0.717, 1.165) is 18.4 Å². The SMILES string of the molecule is CCN(C(=O)NC1CC1)C(C)c1ccncc1. The van der Waals surface area contributed by atoms with Gasteiger partial charge in [0.2, 0.25) is 0 Å². The molecule has 4 heteroatoms. The number of amides is 2. The fourth-order valence-corrected chi connectivity index (χ4v) is 1.90. The molecule has 1 aliphatic rings. The van der Waals surface area contributed by atoms with Gasteiger partial charge in [0.25, 0.3) is 0 Å². The van der Waals surface area contributed by atoms with Crippen molar-refractivity contribution in [1.82, 2.24) is 15.2 Å². The van der Waals surface area contributed by atoms with Gasteiger partial charge in [-0.2, -0.15) is 0 Å². The number of carbonyl (C=O) groups is 1. The van der Waals surface area contributed by atoms with Crippen LogP contribution in [-0.2, 0) is 0 Å². The molecule has 2 amide bonds. The highest BCUT2D eigenvalue weighted by molar-refractivity contribution is 5.75. The zero-order chi connectivity index (χ0) is 12.3. The normalized spacial score (nSPS) is 16.4. The molecule has 0 saturated heterocycles. The Morgan fingerprint density at radius 2 is 2.18 bits per heavy atom. The Labute approximate surface area is 102 Å². The molecule has 1 atom stereocenters. The lowest BCUT2D eigenvalue weighted by Crippen LogP contribution is -2.42. The first-order chi connectivity index (χ1) is 8.22. The summed E-state index contributed by atoms with van der Waals surface area (Å²) in [5.74, 6) is 0. The molecule has 1 N–H and O–H groups in total. The number of aromatic nitrogens is 1. The Morgan fingerprint density at radius 1 is 1.53 bits per heavy atom. The zero-order valence-electron chi connectivity index (χ0n) is 10.4. The highest BCUT2D eigenvalue weighted by Crippen LogP contribution is 2.22. The molecule has 92 valence electrons. The molecule has 1 aromatic rings. The lowest BCUT2D eigenvalue weighted by molar-refractivity contribution is 0.182. The van der Waals surface area contributed by atoms with Crippen molar-refractivity contribution in [2.24, 2.45) is 0 Å². The summed E-state index contributed by atoms with van der Waals surface area (Å²) in [5, 5.41) is 3.03. The maximum absolute atomic E-state index is 12.0. The van der Waals surface area contributed by atoms with E-state index < -0.39 is 0 Å². The molecule has 1 fully saturated rings. The van der Waals surface area contributed by atoms with Gasteiger partial charge in [-0.1, -0.05) is 0 Å². The number of hydrogen-bond donors (Lipinski definition) is 1. The van der Waals surface area contributed by atoms with Crippen molar-refractivity contribution in [3.8, 4) is 0 Å². The summed E-state index contributed by atoms with van der Waals surface area (Å²) in [4.78, 5) is 17.9. The minimum atomic E-state index is 0.0410. The maximum atomic E-state index is 12.0. The summed E-state index contributed by atoms with van der Waals surface area (Å²) in [6, 6.07) is 4.44. The van der Waals surface area contributed by atoms with Crippen molar-refractivity contribution >= 4 is 6.03 Å². The van der Waals surface area contributed by atoms with Crippen LogP contribution in [0, 0.1) is 0 Å². The van der Waals surface area contributed by atoms with Gasteiger partial charge in [-0.3, -0.25) is 4.98 Å². The molecule has 0 aromatic carbocycles. The van der Waals surface area contributed by atoms with Crippen molar-refractivity contribution in [2.45, 2.75) is 38.8 Å². The quantitative estimate of drug-likeness (QED) is 0.867. The smallest absolute Gasteiger partial charge is 0.318 e. The van der Waals surface area contributed by atoms with Crippen molar-refractivity contribution < 1.29 is 4.79 Å². The van der Waals surface area contributed by atoms with Crippen LogP contribution < -0.4 is 5.32 Å². The zero-order valence-corrected chi connectivity index (χ0v) is 10.4. The Hall–Kier alpha value is -1.58. The van der Waals surface area contributed by atoms with Gasteiger partial charge in [0.05, 0.1) is 6.04 Å². The van der Waals surface area contributed by atoms with E-state index in [1.165, 1.54) is 0 Å². The maximum Gasteiger partial charge on any atom is 0.318 e. The average Bonchev–Trinajstić information content (AvgIpc) is 3.15. The van der Waals surface area contributed by atoms with Gasteiger partial charge < -0.3 is 10.2 Å². The van der Waals surface area contributed by atoms with Crippen LogP contribution in [0.1, 0.15) is 38.3 Å². The molecular weight excluding hydrogens is 214 g/mol. The molecule has 2 rings (SSSR count). The summed E-state index contributed by atoms with van der Waals surface area (Å²) in [7, 11) is 0. The van der Waals surface area contributed by atoms with E-state index in [1.54, 1.807) is 12.4 Å². The number of nitrogens with one attached hydrogen (secondary N) is 1. The van der Waals surface area contributed by atoms with E-state index >= 15 is 0 Å². The first kappa shape index (κ1) is 11.9. The predicted molar refractivity (Wildman–Crippen MR) is 66.6 cm³/mol. The van der Waals surface area contributed by atoms with Crippen LogP contribution in [0.5, 0.6) is 0 Å². The Bertz CT molecular complexity index is 376. The monoisotopic (exact) mass is 233 g/mol. The lowest BCUT2D eigenvalue weighted by Gasteiger charge is -2.28. The van der Waals surface area contributed by atoms with Crippen molar-refractivity contribution in [3.05, 3.63) is 30.1 Å². The third-order valence-electron chi connectivity index (χ3n) is 3.16. The molecule has 0 aliphatic heterocycles. The summed E-state index contributed by atoms with van der Waals surface area (Å²) in [6.07, 6.45) is 5.76. The highest BCUT2D eigenvalue weighted by atomic mass is 16.2. The Morgan fingerprint density at radius 3 is 2.71 bits per heavy atom. The third kappa shape index (κ3) is 2.96. The molecule has 0 bridgehead atoms. The second-order valence-electron chi connectivity index (χ2n) is 4.47. The fourth-order valence-electron chi connectivity index (χ4n) is 1.90. The molecule has 1 aliphatic carbocycles. The highest BCUT2D eigenvalue weighted by Gasteiger charge is 2.27. The van der Waals surface area contributed by atoms with Crippen LogP contribution in [0.15, 0.2) is 24.5 Å². The van der Waals surface area contributed by atoms with Gasteiger partial charge >= 0.3 is 6.03 Å². The summed E-state index contributed by atoms with van der Waals surface area (Å²) in [6.45, 7) is 4.76. The summed E-state index contributed by atoms with van der Waals surface area (Å²) < 4.78 is 0. The number of hydrogen-bond acceptors (Lipinski definition) is 2. The number of carbonyl (C=O) groups excluding carboxylic acids is 1. The third-order valence-corrected chi connectivity index (χ3v) is 3.16. The van der Waals surface area contributed by atoms with E-state index in [9.17, 15) is 4.79 Å². The molecule has 1 unspecified atom stereocenters. The first-order valence-electron chi connectivity index (χ1n) is 6.19.